The average Bonchev–Trinajstić information content (AvgIpc) is 1.77. The van der Waals surface area contributed by atoms with E-state index in [1.165, 1.54) is 0 Å². The molecule has 0 aromatic rings. The van der Waals surface area contributed by atoms with Crippen molar-refractivity contribution in [1.82, 2.24) is 10.6 Å². The van der Waals surface area contributed by atoms with Crippen LogP contribution in [-0.4, -0.2) is 20.4 Å². The van der Waals surface area contributed by atoms with E-state index < -0.39 is 20.1 Å². The molecule has 0 aromatic heterocycles. The second kappa shape index (κ2) is 5.47. The van der Waals surface area contributed by atoms with Crippen LogP contribution in [0.15, 0.2) is 0 Å². The highest BCUT2D eigenvalue weighted by atomic mass is 127. The van der Waals surface area contributed by atoms with Crippen molar-refractivity contribution < 1.29 is 43.4 Å². The highest BCUT2D eigenvalue weighted by Crippen LogP contribution is 1.86. The first-order valence-electron chi connectivity index (χ1n) is 2.95. The molecule has 0 spiro atoms. The van der Waals surface area contributed by atoms with Crippen LogP contribution in [-0.2, 0) is 9.59 Å². The molecule has 1 fully saturated rings. The van der Waals surface area contributed by atoms with Crippen LogP contribution in [0.3, 0.4) is 0 Å². The number of carbonyl (C=O) groups excluding carboxylic acids is 2. The van der Waals surface area contributed by atoms with Crippen LogP contribution in [0, 0.1) is 0 Å². The topological polar surface area (TPSA) is 148 Å². The van der Waals surface area contributed by atoms with Gasteiger partial charge in [-0.25, -0.2) is 0 Å². The molecule has 0 unspecified atom stereocenters. The molecule has 1 saturated heterocycles. The van der Waals surface area contributed by atoms with E-state index in [-0.39, 0.29) is 23.3 Å². The van der Waals surface area contributed by atoms with E-state index in [0.717, 1.165) is 0 Å². The van der Waals surface area contributed by atoms with Gasteiger partial charge in [-0.1, -0.05) is 0 Å². The third-order valence-corrected chi connectivity index (χ3v) is 1.03. The largest absolute Gasteiger partial charge is 0.368 e. The zero-order valence-corrected chi connectivity index (χ0v) is 9.46. The fourth-order valence-electron chi connectivity index (χ4n) is 0.519. The van der Waals surface area contributed by atoms with Crippen molar-refractivity contribution in [3.8, 4) is 0 Å². The lowest BCUT2D eigenvalue weighted by Crippen LogP contribution is -4.23. The number of amides is 2. The Morgan fingerprint density at radius 3 is 1.71 bits per heavy atom. The van der Waals surface area contributed by atoms with Gasteiger partial charge in [0.05, 0.1) is 0 Å². The van der Waals surface area contributed by atoms with Gasteiger partial charge in [0.25, 0.3) is 0 Å². The predicted molar refractivity (Wildman–Crippen MR) is 35.7 cm³/mol. The van der Waals surface area contributed by atoms with Gasteiger partial charge in [-0.2, -0.15) is 0 Å². The van der Waals surface area contributed by atoms with Gasteiger partial charge in [0.1, 0.15) is 6.42 Å². The standard InChI is InChI=1S/C4H4N2O2S.HIO4/c7-2-1-3(8)6-4(9)5-2;2-1(3,4)5/h1H2,(H2,5,6,7,8,9);2H. The second-order valence-corrected chi connectivity index (χ2v) is 4.67. The molecule has 1 aliphatic rings. The number of hydrogen-bond donors (Lipinski definition) is 3. The lowest BCUT2D eigenvalue weighted by molar-refractivity contribution is -1.92. The van der Waals surface area contributed by atoms with Crippen LogP contribution in [0.2, 0.25) is 0 Å². The Morgan fingerprint density at radius 1 is 1.21 bits per heavy atom. The zero-order chi connectivity index (χ0) is 11.4. The highest BCUT2D eigenvalue weighted by Gasteiger charge is 2.17. The van der Waals surface area contributed by atoms with Crippen molar-refractivity contribution in [2.24, 2.45) is 0 Å². The first-order chi connectivity index (χ1) is 6.18. The number of halogens is 1. The van der Waals surface area contributed by atoms with Crippen LogP contribution < -0.4 is 41.0 Å². The Kier molecular flexibility index (Phi) is 5.32. The fraction of sp³-hybridized carbons (Fsp3) is 0.250. The molecular weight excluding hydrogens is 331 g/mol. The van der Waals surface area contributed by atoms with Gasteiger partial charge in [-0.15, -0.1) is 0 Å². The zero-order valence-electron chi connectivity index (χ0n) is 6.48. The number of hydrogen-bond acceptors (Lipinski definition) is 7. The molecule has 1 heterocycles. The minimum absolute atomic E-state index is 0.0938. The first kappa shape index (κ1) is 13.6. The Labute approximate surface area is 89.6 Å². The van der Waals surface area contributed by atoms with E-state index in [9.17, 15) is 9.59 Å². The van der Waals surface area contributed by atoms with Crippen LogP contribution in [0.1, 0.15) is 6.42 Å². The summed E-state index contributed by atoms with van der Waals surface area (Å²) >= 11 is -1.19. The summed E-state index contributed by atoms with van der Waals surface area (Å²) in [6.45, 7) is 0. The summed E-state index contributed by atoms with van der Waals surface area (Å²) in [6.07, 6.45) is -0.125. The SMILES string of the molecule is O=C1CC(=O)NC(=S)N1.[O-][I+3]([O-])([O-])O. The second-order valence-electron chi connectivity index (χ2n) is 2.00. The summed E-state index contributed by atoms with van der Waals surface area (Å²) in [4.78, 5) is 20.8. The molecule has 0 aromatic carbocycles. The summed E-state index contributed by atoms with van der Waals surface area (Å²) in [5, 5.41) is 4.63. The van der Waals surface area contributed by atoms with Gasteiger partial charge in [-0.3, -0.25) is 19.9 Å². The molecule has 80 valence electrons. The molecule has 0 aliphatic carbocycles. The van der Waals surface area contributed by atoms with Crippen LogP contribution in [0.5, 0.6) is 0 Å². The van der Waals surface area contributed by atoms with Crippen LogP contribution in [0.25, 0.3) is 0 Å². The Balaban J connectivity index is 0.000000292. The Bertz CT molecular complexity index is 212. The monoisotopic (exact) mass is 336 g/mol. The van der Waals surface area contributed by atoms with Crippen molar-refractivity contribution in [3.05, 3.63) is 0 Å². The van der Waals surface area contributed by atoms with E-state index in [1.807, 2.05) is 0 Å². The molecule has 2 amide bonds. The normalized spacial score (nSPS) is 16.4. The highest BCUT2D eigenvalue weighted by molar-refractivity contribution is 7.80. The maximum atomic E-state index is 10.4. The smallest absolute Gasteiger partial charge is 0.302 e. The fourth-order valence-corrected chi connectivity index (χ4v) is 0.746. The molecule has 10 heteroatoms. The summed E-state index contributed by atoms with van der Waals surface area (Å²) in [5.74, 6) is -0.687. The summed E-state index contributed by atoms with van der Waals surface area (Å²) < 4.78 is 33.2. The lowest BCUT2D eigenvalue weighted by Gasteiger charge is -2.12. The minimum Gasteiger partial charge on any atom is -0.302 e. The van der Waals surface area contributed by atoms with E-state index in [1.54, 1.807) is 0 Å². The van der Waals surface area contributed by atoms with E-state index in [0.29, 0.717) is 0 Å². The van der Waals surface area contributed by atoms with Gasteiger partial charge in [0.15, 0.2) is 5.11 Å². The number of carbonyl (C=O) groups is 2. The minimum atomic E-state index is -5.69. The third kappa shape index (κ3) is 9.69. The summed E-state index contributed by atoms with van der Waals surface area (Å²) in [6, 6.07) is 0. The number of thiocarbonyl (C=S) groups is 1. The van der Waals surface area contributed by atoms with Crippen molar-refractivity contribution in [2.75, 3.05) is 0 Å². The molecule has 3 N–H and O–H groups in total. The molecular formula is C4H5IN2O6S. The van der Waals surface area contributed by atoms with Gasteiger partial charge in [0, 0.05) is 3.44 Å². The predicted octanol–water partition coefficient (Wildman–Crippen LogP) is -8.21. The molecule has 0 saturated carbocycles. The van der Waals surface area contributed by atoms with E-state index >= 15 is 0 Å². The maximum absolute atomic E-state index is 10.4. The van der Waals surface area contributed by atoms with Crippen LogP contribution in [0.4, 0.5) is 0 Å². The van der Waals surface area contributed by atoms with Crippen molar-refractivity contribution in [3.63, 3.8) is 0 Å². The Hall–Kier alpha value is -0.400. The van der Waals surface area contributed by atoms with Crippen molar-refractivity contribution in [1.29, 1.82) is 0 Å². The van der Waals surface area contributed by atoms with E-state index in [2.05, 4.69) is 22.9 Å². The number of rotatable bonds is 0. The molecule has 1 aliphatic heterocycles. The van der Waals surface area contributed by atoms with Crippen LogP contribution >= 0.6 is 12.2 Å². The molecule has 0 radical (unpaired) electrons. The Morgan fingerprint density at radius 2 is 1.50 bits per heavy atom. The van der Waals surface area contributed by atoms with Gasteiger partial charge in [0.2, 0.25) is 11.8 Å². The van der Waals surface area contributed by atoms with Gasteiger partial charge >= 0.3 is 20.1 Å². The van der Waals surface area contributed by atoms with Gasteiger partial charge < -0.3 is 10.6 Å². The van der Waals surface area contributed by atoms with E-state index in [4.69, 9.17) is 13.7 Å². The molecule has 0 bridgehead atoms. The van der Waals surface area contributed by atoms with Crippen molar-refractivity contribution >= 4 is 29.1 Å². The maximum Gasteiger partial charge on any atom is 0.368 e. The van der Waals surface area contributed by atoms with Crippen molar-refractivity contribution in [2.45, 2.75) is 6.42 Å². The summed E-state index contributed by atoms with van der Waals surface area (Å²) in [5.41, 5.74) is 0. The average molecular weight is 336 g/mol. The molecule has 1 rings (SSSR count). The molecule has 14 heavy (non-hydrogen) atoms. The first-order valence-corrected chi connectivity index (χ1v) is 6.97. The lowest BCUT2D eigenvalue weighted by atomic mass is 10.3. The third-order valence-electron chi connectivity index (χ3n) is 0.827. The summed E-state index contributed by atoms with van der Waals surface area (Å²) in [7, 11) is 0. The molecule has 8 nitrogen and oxygen atoms in total. The molecule has 0 atom stereocenters. The quantitative estimate of drug-likeness (QED) is 0.226. The number of nitrogens with one attached hydrogen (secondary N) is 2. The van der Waals surface area contributed by atoms with Gasteiger partial charge in [-0.05, 0) is 12.2 Å².